The standard InChI is InChI=1S/C9H13OS/c1-10-8-6-4-5-7-9(8)11(2)3/h4-7,11H,2H2,1,3H3. The van der Waals surface area contributed by atoms with Crippen LogP contribution in [0.4, 0.5) is 0 Å². The second-order valence-corrected chi connectivity index (χ2v) is 4.25. The number of hydrogen-bond acceptors (Lipinski definition) is 1. The summed E-state index contributed by atoms with van der Waals surface area (Å²) in [6, 6.07) is 8.03. The highest BCUT2D eigenvalue weighted by Gasteiger charge is 2.01. The van der Waals surface area contributed by atoms with Crippen molar-refractivity contribution in [2.45, 2.75) is 4.90 Å². The van der Waals surface area contributed by atoms with Gasteiger partial charge in [0.05, 0.1) is 7.11 Å². The maximum Gasteiger partial charge on any atom is 0.130 e. The molecule has 2 heteroatoms. The summed E-state index contributed by atoms with van der Waals surface area (Å²) < 4.78 is 5.18. The van der Waals surface area contributed by atoms with Crippen LogP contribution in [0.3, 0.4) is 0 Å². The zero-order chi connectivity index (χ0) is 8.27. The molecule has 0 aliphatic carbocycles. The molecule has 0 bridgehead atoms. The average molecular weight is 169 g/mol. The maximum absolute atomic E-state index is 5.18. The lowest BCUT2D eigenvalue weighted by Crippen LogP contribution is -1.86. The van der Waals surface area contributed by atoms with Crippen LogP contribution in [0, 0.1) is 6.26 Å². The lowest BCUT2D eigenvalue weighted by atomic mass is 10.3. The van der Waals surface area contributed by atoms with Gasteiger partial charge in [0.25, 0.3) is 0 Å². The van der Waals surface area contributed by atoms with Crippen molar-refractivity contribution in [2.75, 3.05) is 13.4 Å². The quantitative estimate of drug-likeness (QED) is 0.669. The Balaban J connectivity index is 3.02. The van der Waals surface area contributed by atoms with E-state index < -0.39 is 0 Å². The number of rotatable bonds is 2. The van der Waals surface area contributed by atoms with Crippen LogP contribution in [0.15, 0.2) is 29.2 Å². The van der Waals surface area contributed by atoms with Crippen molar-refractivity contribution in [3.63, 3.8) is 0 Å². The lowest BCUT2D eigenvalue weighted by Gasteiger charge is -2.13. The van der Waals surface area contributed by atoms with Crippen molar-refractivity contribution in [3.05, 3.63) is 30.5 Å². The highest BCUT2D eigenvalue weighted by molar-refractivity contribution is 8.17. The highest BCUT2D eigenvalue weighted by Crippen LogP contribution is 2.37. The van der Waals surface area contributed by atoms with Crippen molar-refractivity contribution < 1.29 is 4.74 Å². The van der Waals surface area contributed by atoms with E-state index in [1.54, 1.807) is 7.11 Å². The van der Waals surface area contributed by atoms with Gasteiger partial charge >= 0.3 is 0 Å². The normalized spacial score (nSPS) is 11.0. The Kier molecular flexibility index (Phi) is 2.83. The minimum Gasteiger partial charge on any atom is -0.496 e. The fraction of sp³-hybridized carbons (Fsp3) is 0.222. The molecule has 1 aromatic carbocycles. The van der Waals surface area contributed by atoms with Crippen molar-refractivity contribution in [1.82, 2.24) is 0 Å². The van der Waals surface area contributed by atoms with Crippen LogP contribution >= 0.6 is 10.9 Å². The first-order chi connectivity index (χ1) is 5.25. The van der Waals surface area contributed by atoms with Crippen molar-refractivity contribution in [2.24, 2.45) is 0 Å². The second kappa shape index (κ2) is 3.67. The number of methoxy groups -OCH3 is 1. The Morgan fingerprint density at radius 1 is 1.36 bits per heavy atom. The fourth-order valence-corrected chi connectivity index (χ4v) is 1.83. The summed E-state index contributed by atoms with van der Waals surface area (Å²) >= 11 is 0. The van der Waals surface area contributed by atoms with Crippen molar-refractivity contribution >= 4 is 10.9 Å². The number of hydrogen-bond donors (Lipinski definition) is 1. The lowest BCUT2D eigenvalue weighted by molar-refractivity contribution is 0.405. The van der Waals surface area contributed by atoms with E-state index >= 15 is 0 Å². The van der Waals surface area contributed by atoms with Gasteiger partial charge in [-0.1, -0.05) is 12.1 Å². The molecule has 61 valence electrons. The first kappa shape index (κ1) is 8.47. The van der Waals surface area contributed by atoms with Crippen LogP contribution in [-0.2, 0) is 0 Å². The molecule has 0 saturated heterocycles. The minimum absolute atomic E-state index is 0.297. The molecule has 0 aromatic heterocycles. The van der Waals surface area contributed by atoms with Crippen molar-refractivity contribution in [1.29, 1.82) is 0 Å². The highest BCUT2D eigenvalue weighted by atomic mass is 32.2. The molecule has 1 atom stereocenters. The molecule has 1 unspecified atom stereocenters. The van der Waals surface area contributed by atoms with Crippen LogP contribution in [0.5, 0.6) is 5.75 Å². The van der Waals surface area contributed by atoms with Gasteiger partial charge in [-0.25, -0.2) is 10.9 Å². The van der Waals surface area contributed by atoms with Crippen LogP contribution in [0.1, 0.15) is 0 Å². The molecule has 0 aliphatic rings. The summed E-state index contributed by atoms with van der Waals surface area (Å²) in [5.41, 5.74) is 0. The largest absolute Gasteiger partial charge is 0.496 e. The third kappa shape index (κ3) is 1.90. The Morgan fingerprint density at radius 2 is 2.00 bits per heavy atom. The van der Waals surface area contributed by atoms with E-state index in [2.05, 4.69) is 18.6 Å². The Bertz CT molecular complexity index is 233. The molecule has 0 aliphatic heterocycles. The van der Waals surface area contributed by atoms with Gasteiger partial charge in [-0.3, -0.25) is 0 Å². The molecular weight excluding hydrogens is 156 g/mol. The number of benzene rings is 1. The SMILES string of the molecule is [CH2][SH](C)c1ccccc1OC. The fourth-order valence-electron chi connectivity index (χ4n) is 0.945. The number of para-hydroxylation sites is 1. The molecule has 0 heterocycles. The molecule has 1 aromatic rings. The van der Waals surface area contributed by atoms with Gasteiger partial charge < -0.3 is 4.74 Å². The zero-order valence-corrected chi connectivity index (χ0v) is 7.77. The zero-order valence-electron chi connectivity index (χ0n) is 6.87. The summed E-state index contributed by atoms with van der Waals surface area (Å²) in [7, 11) is 1.39. The molecule has 1 nitrogen and oxygen atoms in total. The summed E-state index contributed by atoms with van der Waals surface area (Å²) in [4.78, 5) is 1.23. The smallest absolute Gasteiger partial charge is 0.130 e. The average Bonchev–Trinajstić information content (AvgIpc) is 2.04. The Hall–Kier alpha value is -0.630. The third-order valence-corrected chi connectivity index (χ3v) is 2.69. The van der Waals surface area contributed by atoms with E-state index in [-0.39, 0.29) is 10.9 Å². The molecule has 1 radical (unpaired) electrons. The van der Waals surface area contributed by atoms with Crippen LogP contribution in [-0.4, -0.2) is 13.4 Å². The first-order valence-corrected chi connectivity index (χ1v) is 5.40. The Labute approximate surface area is 70.7 Å². The first-order valence-electron chi connectivity index (χ1n) is 3.43. The molecule has 0 spiro atoms. The molecule has 0 amide bonds. The van der Waals surface area contributed by atoms with Gasteiger partial charge in [0, 0.05) is 4.90 Å². The van der Waals surface area contributed by atoms with Gasteiger partial charge in [-0.05, 0) is 24.6 Å². The molecule has 11 heavy (non-hydrogen) atoms. The summed E-state index contributed by atoms with van der Waals surface area (Å²) in [5.74, 6) is 0.955. The van der Waals surface area contributed by atoms with E-state index in [1.807, 2.05) is 18.2 Å². The van der Waals surface area contributed by atoms with Gasteiger partial charge in [0.15, 0.2) is 0 Å². The minimum atomic E-state index is -0.297. The van der Waals surface area contributed by atoms with Crippen LogP contribution in [0.2, 0.25) is 0 Å². The molecule has 1 rings (SSSR count). The molecule has 0 saturated carbocycles. The van der Waals surface area contributed by atoms with Gasteiger partial charge in [0.1, 0.15) is 5.75 Å². The topological polar surface area (TPSA) is 9.23 Å². The van der Waals surface area contributed by atoms with Gasteiger partial charge in [0.2, 0.25) is 0 Å². The van der Waals surface area contributed by atoms with Gasteiger partial charge in [-0.15, -0.1) is 0 Å². The predicted octanol–water partition coefficient (Wildman–Crippen LogP) is 2.48. The molecule has 0 fully saturated rings. The van der Waals surface area contributed by atoms with Crippen molar-refractivity contribution in [3.8, 4) is 5.75 Å². The monoisotopic (exact) mass is 169 g/mol. The van der Waals surface area contributed by atoms with E-state index in [9.17, 15) is 0 Å². The Morgan fingerprint density at radius 3 is 2.45 bits per heavy atom. The maximum atomic E-state index is 5.18. The number of ether oxygens (including phenoxy) is 1. The van der Waals surface area contributed by atoms with E-state index in [0.29, 0.717) is 0 Å². The van der Waals surface area contributed by atoms with Gasteiger partial charge in [-0.2, -0.15) is 0 Å². The summed E-state index contributed by atoms with van der Waals surface area (Å²) in [5, 5.41) is 0. The number of thiol groups is 1. The molecule has 0 N–H and O–H groups in total. The predicted molar refractivity (Wildman–Crippen MR) is 51.5 cm³/mol. The third-order valence-electron chi connectivity index (χ3n) is 1.50. The van der Waals surface area contributed by atoms with Crippen LogP contribution in [0.25, 0.3) is 0 Å². The summed E-state index contributed by atoms with van der Waals surface area (Å²) in [6.45, 7) is 0. The molecular formula is C9H13OS. The van der Waals surface area contributed by atoms with E-state index in [1.165, 1.54) is 4.90 Å². The van der Waals surface area contributed by atoms with E-state index in [4.69, 9.17) is 4.74 Å². The summed E-state index contributed by atoms with van der Waals surface area (Å²) in [6.07, 6.45) is 6.12. The van der Waals surface area contributed by atoms with E-state index in [0.717, 1.165) is 5.75 Å². The second-order valence-electron chi connectivity index (χ2n) is 2.37. The van der Waals surface area contributed by atoms with Crippen LogP contribution < -0.4 is 4.74 Å².